The lowest BCUT2D eigenvalue weighted by Gasteiger charge is -2.16. The minimum atomic E-state index is -0.452. The Hall–Kier alpha value is -0.950. The van der Waals surface area contributed by atoms with Crippen LogP contribution < -0.4 is 0 Å². The zero-order chi connectivity index (χ0) is 17.8. The molecule has 1 saturated heterocycles. The largest absolute Gasteiger partial charge is 0.466 e. The molecule has 0 unspecified atom stereocenters. The number of esters is 1. The SMILES string of the molecule is CCOC(=O)CC[C@@H](/C=C\CCC[C@@H]1COC(C)(C)O1)OCOC. The van der Waals surface area contributed by atoms with Crippen LogP contribution in [0.15, 0.2) is 12.2 Å². The molecule has 0 N–H and O–H groups in total. The summed E-state index contributed by atoms with van der Waals surface area (Å²) in [5, 5.41) is 0. The van der Waals surface area contributed by atoms with Crippen molar-refractivity contribution >= 4 is 5.97 Å². The molecule has 0 aromatic carbocycles. The molecule has 0 saturated carbocycles. The Morgan fingerprint density at radius 1 is 1.42 bits per heavy atom. The molecule has 140 valence electrons. The third-order valence-corrected chi connectivity index (χ3v) is 3.65. The normalized spacial score (nSPS) is 21.2. The van der Waals surface area contributed by atoms with E-state index in [0.717, 1.165) is 19.3 Å². The van der Waals surface area contributed by atoms with Crippen molar-refractivity contribution in [2.45, 2.75) is 70.9 Å². The molecule has 0 amide bonds. The summed E-state index contributed by atoms with van der Waals surface area (Å²) in [6, 6.07) is 0. The van der Waals surface area contributed by atoms with Crippen LogP contribution in [0.5, 0.6) is 0 Å². The molecular formula is C18H32O6. The molecule has 0 aromatic heterocycles. The third-order valence-electron chi connectivity index (χ3n) is 3.65. The van der Waals surface area contributed by atoms with Crippen molar-refractivity contribution in [3.8, 4) is 0 Å². The van der Waals surface area contributed by atoms with E-state index >= 15 is 0 Å². The highest BCUT2D eigenvalue weighted by molar-refractivity contribution is 5.69. The van der Waals surface area contributed by atoms with Gasteiger partial charge < -0.3 is 23.7 Å². The van der Waals surface area contributed by atoms with Crippen LogP contribution in [0.3, 0.4) is 0 Å². The lowest BCUT2D eigenvalue weighted by atomic mass is 10.1. The number of carbonyl (C=O) groups excluding carboxylic acids is 1. The summed E-state index contributed by atoms with van der Waals surface area (Å²) in [7, 11) is 1.58. The fourth-order valence-electron chi connectivity index (χ4n) is 2.50. The van der Waals surface area contributed by atoms with E-state index < -0.39 is 5.79 Å². The number of hydrogen-bond donors (Lipinski definition) is 0. The maximum Gasteiger partial charge on any atom is 0.305 e. The first kappa shape index (κ1) is 21.1. The van der Waals surface area contributed by atoms with E-state index in [0.29, 0.717) is 26.1 Å². The maximum atomic E-state index is 11.4. The summed E-state index contributed by atoms with van der Waals surface area (Å²) < 4.78 is 26.8. The van der Waals surface area contributed by atoms with Gasteiger partial charge in [0, 0.05) is 13.5 Å². The van der Waals surface area contributed by atoms with Gasteiger partial charge in [-0.25, -0.2) is 0 Å². The van der Waals surface area contributed by atoms with Gasteiger partial charge in [-0.05, 0) is 46.5 Å². The Labute approximate surface area is 145 Å². The van der Waals surface area contributed by atoms with E-state index in [4.69, 9.17) is 23.7 Å². The van der Waals surface area contributed by atoms with E-state index in [1.807, 2.05) is 19.9 Å². The summed E-state index contributed by atoms with van der Waals surface area (Å²) in [5.41, 5.74) is 0. The molecule has 1 aliphatic heterocycles. The second-order valence-electron chi connectivity index (χ2n) is 6.27. The first-order valence-electron chi connectivity index (χ1n) is 8.71. The molecule has 0 aromatic rings. The van der Waals surface area contributed by atoms with Gasteiger partial charge in [-0.1, -0.05) is 12.2 Å². The van der Waals surface area contributed by atoms with Crippen molar-refractivity contribution in [1.29, 1.82) is 0 Å². The van der Waals surface area contributed by atoms with Crippen LogP contribution in [0.25, 0.3) is 0 Å². The molecule has 1 aliphatic rings. The molecule has 6 heteroatoms. The fourth-order valence-corrected chi connectivity index (χ4v) is 2.50. The molecule has 0 aliphatic carbocycles. The summed E-state index contributed by atoms with van der Waals surface area (Å²) in [4.78, 5) is 11.4. The molecule has 1 rings (SSSR count). The molecule has 0 bridgehead atoms. The smallest absolute Gasteiger partial charge is 0.305 e. The van der Waals surface area contributed by atoms with Crippen LogP contribution in [0.2, 0.25) is 0 Å². The summed E-state index contributed by atoms with van der Waals surface area (Å²) in [5.74, 6) is -0.648. The number of allylic oxidation sites excluding steroid dienone is 1. The van der Waals surface area contributed by atoms with Crippen molar-refractivity contribution in [2.75, 3.05) is 27.1 Å². The Bertz CT molecular complexity index is 380. The van der Waals surface area contributed by atoms with Gasteiger partial charge in [-0.3, -0.25) is 4.79 Å². The van der Waals surface area contributed by atoms with Crippen LogP contribution >= 0.6 is 0 Å². The predicted octanol–water partition coefficient (Wildman–Crippen LogP) is 3.20. The van der Waals surface area contributed by atoms with E-state index in [2.05, 4.69) is 6.08 Å². The monoisotopic (exact) mass is 344 g/mol. The third kappa shape index (κ3) is 9.37. The second kappa shape index (κ2) is 11.6. The van der Waals surface area contributed by atoms with Crippen LogP contribution in [-0.2, 0) is 28.5 Å². The molecule has 0 radical (unpaired) electrons. The Morgan fingerprint density at radius 3 is 2.83 bits per heavy atom. The van der Waals surface area contributed by atoms with Gasteiger partial charge >= 0.3 is 5.97 Å². The van der Waals surface area contributed by atoms with E-state index in [9.17, 15) is 4.79 Å². The first-order chi connectivity index (χ1) is 11.5. The minimum absolute atomic E-state index is 0.139. The molecule has 1 fully saturated rings. The van der Waals surface area contributed by atoms with Crippen LogP contribution in [0.1, 0.15) is 52.9 Å². The lowest BCUT2D eigenvalue weighted by molar-refractivity contribution is -0.144. The van der Waals surface area contributed by atoms with Crippen molar-refractivity contribution in [3.63, 3.8) is 0 Å². The topological polar surface area (TPSA) is 63.2 Å². The average Bonchev–Trinajstić information content (AvgIpc) is 2.88. The summed E-state index contributed by atoms with van der Waals surface area (Å²) in [6.07, 6.45) is 7.99. The zero-order valence-electron chi connectivity index (χ0n) is 15.4. The van der Waals surface area contributed by atoms with Crippen molar-refractivity contribution < 1.29 is 28.5 Å². The second-order valence-corrected chi connectivity index (χ2v) is 6.27. The highest BCUT2D eigenvalue weighted by atomic mass is 16.7. The first-order valence-corrected chi connectivity index (χ1v) is 8.71. The number of carbonyl (C=O) groups is 1. The van der Waals surface area contributed by atoms with E-state index in [1.54, 1.807) is 14.0 Å². The Morgan fingerprint density at radius 2 is 2.21 bits per heavy atom. The molecule has 24 heavy (non-hydrogen) atoms. The van der Waals surface area contributed by atoms with Crippen molar-refractivity contribution in [3.05, 3.63) is 12.2 Å². The van der Waals surface area contributed by atoms with Gasteiger partial charge in [0.05, 0.1) is 25.4 Å². The zero-order valence-corrected chi connectivity index (χ0v) is 15.4. The minimum Gasteiger partial charge on any atom is -0.466 e. The number of hydrogen-bond acceptors (Lipinski definition) is 6. The maximum absolute atomic E-state index is 11.4. The number of rotatable bonds is 12. The van der Waals surface area contributed by atoms with Gasteiger partial charge in [0.1, 0.15) is 6.79 Å². The van der Waals surface area contributed by atoms with Crippen molar-refractivity contribution in [2.24, 2.45) is 0 Å². The number of ether oxygens (including phenoxy) is 5. The van der Waals surface area contributed by atoms with Gasteiger partial charge in [0.2, 0.25) is 0 Å². The van der Waals surface area contributed by atoms with Gasteiger partial charge in [0.25, 0.3) is 0 Å². The van der Waals surface area contributed by atoms with E-state index in [-0.39, 0.29) is 25.0 Å². The molecule has 2 atom stereocenters. The van der Waals surface area contributed by atoms with Gasteiger partial charge in [-0.2, -0.15) is 0 Å². The lowest BCUT2D eigenvalue weighted by Crippen LogP contribution is -2.21. The van der Waals surface area contributed by atoms with Crippen LogP contribution in [0.4, 0.5) is 0 Å². The summed E-state index contributed by atoms with van der Waals surface area (Å²) in [6.45, 7) is 6.96. The number of methoxy groups -OCH3 is 1. The predicted molar refractivity (Wildman–Crippen MR) is 90.5 cm³/mol. The standard InChI is InChI=1S/C18H32O6/c1-5-21-17(19)12-11-15(22-14-20-4)9-7-6-8-10-16-13-23-18(2,3)24-16/h7,9,15-16H,5-6,8,10-14H2,1-4H3/b9-7-/t15-,16-/m1/s1. The Balaban J connectivity index is 2.23. The van der Waals surface area contributed by atoms with Crippen LogP contribution in [0, 0.1) is 0 Å². The molecule has 1 heterocycles. The molecule has 6 nitrogen and oxygen atoms in total. The summed E-state index contributed by atoms with van der Waals surface area (Å²) >= 11 is 0. The molecular weight excluding hydrogens is 312 g/mol. The van der Waals surface area contributed by atoms with Gasteiger partial charge in [-0.15, -0.1) is 0 Å². The number of unbranched alkanes of at least 4 members (excludes halogenated alkanes) is 1. The van der Waals surface area contributed by atoms with Crippen LogP contribution in [-0.4, -0.2) is 51.1 Å². The average molecular weight is 344 g/mol. The highest BCUT2D eigenvalue weighted by Gasteiger charge is 2.31. The fraction of sp³-hybridized carbons (Fsp3) is 0.833. The van der Waals surface area contributed by atoms with Crippen molar-refractivity contribution in [1.82, 2.24) is 0 Å². The van der Waals surface area contributed by atoms with Gasteiger partial charge in [0.15, 0.2) is 5.79 Å². The van der Waals surface area contributed by atoms with E-state index in [1.165, 1.54) is 0 Å². The Kier molecular flexibility index (Phi) is 10.2. The quantitative estimate of drug-likeness (QED) is 0.234. The highest BCUT2D eigenvalue weighted by Crippen LogP contribution is 2.25. The molecule has 0 spiro atoms.